The fourth-order valence-corrected chi connectivity index (χ4v) is 1.97. The molecule has 102 valence electrons. The molecule has 0 bridgehead atoms. The predicted molar refractivity (Wildman–Crippen MR) is 78.4 cm³/mol. The molecule has 0 saturated carbocycles. The van der Waals surface area contributed by atoms with Gasteiger partial charge >= 0.3 is 0 Å². The van der Waals surface area contributed by atoms with Crippen molar-refractivity contribution in [2.45, 2.75) is 20.4 Å². The van der Waals surface area contributed by atoms with Crippen molar-refractivity contribution in [1.82, 2.24) is 9.97 Å². The van der Waals surface area contributed by atoms with E-state index in [4.69, 9.17) is 10.5 Å². The molecule has 2 rings (SSSR count). The van der Waals surface area contributed by atoms with Crippen molar-refractivity contribution < 1.29 is 4.74 Å². The van der Waals surface area contributed by atoms with E-state index in [9.17, 15) is 0 Å². The van der Waals surface area contributed by atoms with Crippen LogP contribution in [-0.2, 0) is 6.54 Å². The number of hydrogen-bond donors (Lipinski definition) is 2. The minimum absolute atomic E-state index is 0.438. The molecule has 2 heterocycles. The maximum absolute atomic E-state index is 5.84. The standard InChI is InChI=1S/C13H18N4OS/c1-9(2)8-18-13-10(14)3-4-11(17-13)16-7-12-15-5-6-19-12/h3-6,9H,7-8,14H2,1-2H3,(H,16,17). The average Bonchev–Trinajstić information content (AvgIpc) is 2.89. The minimum Gasteiger partial charge on any atom is -0.476 e. The molecule has 0 fully saturated rings. The molecule has 2 aromatic rings. The average molecular weight is 278 g/mol. The second-order valence-electron chi connectivity index (χ2n) is 4.58. The Labute approximate surface area is 116 Å². The van der Waals surface area contributed by atoms with Gasteiger partial charge in [0.2, 0.25) is 5.88 Å². The van der Waals surface area contributed by atoms with E-state index >= 15 is 0 Å². The number of anilines is 2. The zero-order valence-electron chi connectivity index (χ0n) is 11.1. The minimum atomic E-state index is 0.438. The van der Waals surface area contributed by atoms with Crippen molar-refractivity contribution >= 4 is 22.8 Å². The molecule has 2 aromatic heterocycles. The number of nitrogens with two attached hydrogens (primary N) is 1. The number of ether oxygens (including phenoxy) is 1. The number of pyridine rings is 1. The lowest BCUT2D eigenvalue weighted by atomic mass is 10.2. The van der Waals surface area contributed by atoms with E-state index in [2.05, 4.69) is 29.1 Å². The number of hydrogen-bond acceptors (Lipinski definition) is 6. The molecule has 6 heteroatoms. The summed E-state index contributed by atoms with van der Waals surface area (Å²) in [6.07, 6.45) is 1.79. The highest BCUT2D eigenvalue weighted by Crippen LogP contribution is 2.21. The third-order valence-electron chi connectivity index (χ3n) is 2.35. The lowest BCUT2D eigenvalue weighted by Gasteiger charge is -2.11. The predicted octanol–water partition coefficient (Wildman–Crippen LogP) is 2.77. The van der Waals surface area contributed by atoms with E-state index in [0.29, 0.717) is 30.6 Å². The first-order chi connectivity index (χ1) is 9.15. The van der Waals surface area contributed by atoms with E-state index in [1.165, 1.54) is 0 Å². The van der Waals surface area contributed by atoms with Crippen LogP contribution in [0.25, 0.3) is 0 Å². The van der Waals surface area contributed by atoms with Crippen molar-refractivity contribution in [1.29, 1.82) is 0 Å². The molecular formula is C13H18N4OS. The van der Waals surface area contributed by atoms with Crippen LogP contribution in [0.4, 0.5) is 11.5 Å². The van der Waals surface area contributed by atoms with Gasteiger partial charge in [-0.05, 0) is 18.1 Å². The number of nitrogens with one attached hydrogen (secondary N) is 1. The molecule has 0 aliphatic carbocycles. The Morgan fingerprint density at radius 3 is 2.95 bits per heavy atom. The smallest absolute Gasteiger partial charge is 0.239 e. The van der Waals surface area contributed by atoms with Gasteiger partial charge in [-0.2, -0.15) is 4.98 Å². The third-order valence-corrected chi connectivity index (χ3v) is 3.13. The second-order valence-corrected chi connectivity index (χ2v) is 5.55. The molecule has 0 atom stereocenters. The summed E-state index contributed by atoms with van der Waals surface area (Å²) < 4.78 is 5.59. The molecule has 19 heavy (non-hydrogen) atoms. The van der Waals surface area contributed by atoms with Gasteiger partial charge in [-0.3, -0.25) is 0 Å². The van der Waals surface area contributed by atoms with E-state index < -0.39 is 0 Å². The molecule has 5 nitrogen and oxygen atoms in total. The van der Waals surface area contributed by atoms with Crippen molar-refractivity contribution in [3.8, 4) is 5.88 Å². The summed E-state index contributed by atoms with van der Waals surface area (Å²) in [4.78, 5) is 8.57. The van der Waals surface area contributed by atoms with Gasteiger partial charge in [0.25, 0.3) is 0 Å². The number of nitrogen functional groups attached to an aromatic ring is 1. The van der Waals surface area contributed by atoms with Crippen LogP contribution in [0.15, 0.2) is 23.7 Å². The largest absolute Gasteiger partial charge is 0.476 e. The summed E-state index contributed by atoms with van der Waals surface area (Å²) >= 11 is 1.61. The maximum atomic E-state index is 5.84. The monoisotopic (exact) mass is 278 g/mol. The van der Waals surface area contributed by atoms with Crippen molar-refractivity contribution in [3.63, 3.8) is 0 Å². The highest BCUT2D eigenvalue weighted by molar-refractivity contribution is 7.09. The third kappa shape index (κ3) is 4.10. The van der Waals surface area contributed by atoms with Crippen LogP contribution >= 0.6 is 11.3 Å². The molecule has 0 unspecified atom stereocenters. The number of rotatable bonds is 6. The highest BCUT2D eigenvalue weighted by Gasteiger charge is 2.06. The Balaban J connectivity index is 1.99. The number of thiazole rings is 1. The Morgan fingerprint density at radius 1 is 1.42 bits per heavy atom. The first-order valence-electron chi connectivity index (χ1n) is 6.16. The van der Waals surface area contributed by atoms with Crippen LogP contribution in [0.3, 0.4) is 0 Å². The molecule has 3 N–H and O–H groups in total. The van der Waals surface area contributed by atoms with E-state index in [1.54, 1.807) is 23.6 Å². The molecule has 0 aliphatic rings. The van der Waals surface area contributed by atoms with Gasteiger partial charge in [-0.25, -0.2) is 4.98 Å². The summed E-state index contributed by atoms with van der Waals surface area (Å²) in [5.41, 5.74) is 6.40. The van der Waals surface area contributed by atoms with Gasteiger partial charge in [0.1, 0.15) is 10.8 Å². The topological polar surface area (TPSA) is 73.1 Å². The molecule has 0 spiro atoms. The second kappa shape index (κ2) is 6.38. The van der Waals surface area contributed by atoms with Crippen LogP contribution in [0.2, 0.25) is 0 Å². The highest BCUT2D eigenvalue weighted by atomic mass is 32.1. The quantitative estimate of drug-likeness (QED) is 0.850. The van der Waals surface area contributed by atoms with Crippen LogP contribution in [0, 0.1) is 5.92 Å². The number of aromatic nitrogens is 2. The van der Waals surface area contributed by atoms with Gasteiger partial charge in [-0.1, -0.05) is 13.8 Å². The van der Waals surface area contributed by atoms with Crippen molar-refractivity contribution in [2.24, 2.45) is 5.92 Å². The van der Waals surface area contributed by atoms with E-state index in [0.717, 1.165) is 10.8 Å². The van der Waals surface area contributed by atoms with Crippen LogP contribution in [0.1, 0.15) is 18.9 Å². The first-order valence-corrected chi connectivity index (χ1v) is 7.04. The van der Waals surface area contributed by atoms with Gasteiger partial charge in [0.05, 0.1) is 18.8 Å². The number of nitrogens with zero attached hydrogens (tertiary/aromatic N) is 2. The molecule has 0 radical (unpaired) electrons. The fraction of sp³-hybridized carbons (Fsp3) is 0.385. The summed E-state index contributed by atoms with van der Waals surface area (Å²) in [5, 5.41) is 6.17. The fourth-order valence-electron chi connectivity index (χ4n) is 1.42. The Bertz CT molecular complexity index is 513. The van der Waals surface area contributed by atoms with E-state index in [-0.39, 0.29) is 0 Å². The summed E-state index contributed by atoms with van der Waals surface area (Å²) in [5.74, 6) is 1.66. The van der Waals surface area contributed by atoms with Crippen LogP contribution < -0.4 is 15.8 Å². The molecular weight excluding hydrogens is 260 g/mol. The molecule has 0 aliphatic heterocycles. The lowest BCUT2D eigenvalue weighted by Crippen LogP contribution is -2.09. The van der Waals surface area contributed by atoms with Crippen LogP contribution in [0.5, 0.6) is 5.88 Å². The Hall–Kier alpha value is -1.82. The Kier molecular flexibility index (Phi) is 4.57. The summed E-state index contributed by atoms with van der Waals surface area (Å²) in [6, 6.07) is 3.64. The lowest BCUT2D eigenvalue weighted by molar-refractivity contribution is 0.263. The van der Waals surface area contributed by atoms with Crippen LogP contribution in [-0.4, -0.2) is 16.6 Å². The van der Waals surface area contributed by atoms with Gasteiger partial charge in [-0.15, -0.1) is 11.3 Å². The maximum Gasteiger partial charge on any atom is 0.239 e. The first kappa shape index (κ1) is 13.6. The van der Waals surface area contributed by atoms with Crippen molar-refractivity contribution in [2.75, 3.05) is 17.7 Å². The Morgan fingerprint density at radius 2 is 2.26 bits per heavy atom. The zero-order chi connectivity index (χ0) is 13.7. The SMILES string of the molecule is CC(C)COc1nc(NCc2nccs2)ccc1N. The molecule has 0 saturated heterocycles. The van der Waals surface area contributed by atoms with Gasteiger partial charge in [0, 0.05) is 11.6 Å². The zero-order valence-corrected chi connectivity index (χ0v) is 11.9. The van der Waals surface area contributed by atoms with E-state index in [1.807, 2.05) is 11.4 Å². The van der Waals surface area contributed by atoms with Gasteiger partial charge in [0.15, 0.2) is 0 Å². The molecule has 0 aromatic carbocycles. The molecule has 0 amide bonds. The van der Waals surface area contributed by atoms with Gasteiger partial charge < -0.3 is 15.8 Å². The van der Waals surface area contributed by atoms with Crippen molar-refractivity contribution in [3.05, 3.63) is 28.7 Å². The summed E-state index contributed by atoms with van der Waals surface area (Å²) in [7, 11) is 0. The summed E-state index contributed by atoms with van der Waals surface area (Å²) in [6.45, 7) is 5.42. The normalized spacial score (nSPS) is 10.7.